The highest BCUT2D eigenvalue weighted by Crippen LogP contribution is 2.33. The van der Waals surface area contributed by atoms with Crippen molar-refractivity contribution in [3.63, 3.8) is 0 Å². The van der Waals surface area contributed by atoms with E-state index in [2.05, 4.69) is 4.90 Å². The number of piperidine rings is 1. The number of carbonyl (C=O) groups excluding carboxylic acids is 1. The van der Waals surface area contributed by atoms with Crippen LogP contribution in [0.4, 0.5) is 0 Å². The number of amides is 1. The van der Waals surface area contributed by atoms with Crippen molar-refractivity contribution in [2.75, 3.05) is 53.2 Å². The molecule has 1 unspecified atom stereocenters. The Bertz CT molecular complexity index is 1230. The molecule has 1 atom stereocenters. The number of piperazine rings is 1. The van der Waals surface area contributed by atoms with E-state index in [4.69, 9.17) is 25.8 Å². The zero-order valence-electron chi connectivity index (χ0n) is 20.2. The summed E-state index contributed by atoms with van der Waals surface area (Å²) in [5.41, 5.74) is 1.14. The van der Waals surface area contributed by atoms with E-state index in [0.29, 0.717) is 38.2 Å². The summed E-state index contributed by atoms with van der Waals surface area (Å²) in [7, 11) is -2.28. The fraction of sp³-hybridized carbons (Fsp3) is 0.480. The standard InChI is InChI=1S/C25H30ClN3O6S/c1-33-22-7-5-20(14-21(22)26)36(31,32)29-8-2-3-19(16-29)25(30)28-11-9-27(10-12-28)15-18-4-6-23-24(13-18)35-17-34-23/h4-7,13-14,19H,2-3,8-12,15-17H2,1H3. The van der Waals surface area contributed by atoms with Crippen molar-refractivity contribution in [3.05, 3.63) is 47.0 Å². The van der Waals surface area contributed by atoms with Gasteiger partial charge in [0.05, 0.1) is 22.9 Å². The predicted molar refractivity (Wildman–Crippen MR) is 134 cm³/mol. The summed E-state index contributed by atoms with van der Waals surface area (Å²) in [5.74, 6) is 1.65. The average Bonchev–Trinajstić information content (AvgIpc) is 3.37. The minimum absolute atomic E-state index is 0.0328. The molecule has 1 amide bonds. The Kier molecular flexibility index (Phi) is 7.30. The second kappa shape index (κ2) is 10.5. The lowest BCUT2D eigenvalue weighted by Gasteiger charge is -2.38. The van der Waals surface area contributed by atoms with E-state index in [1.807, 2.05) is 23.1 Å². The van der Waals surface area contributed by atoms with Crippen molar-refractivity contribution < 1.29 is 27.4 Å². The molecule has 0 spiro atoms. The minimum atomic E-state index is -3.76. The minimum Gasteiger partial charge on any atom is -0.495 e. The highest BCUT2D eigenvalue weighted by atomic mass is 35.5. The second-order valence-electron chi connectivity index (χ2n) is 9.29. The third kappa shape index (κ3) is 5.13. The fourth-order valence-electron chi connectivity index (χ4n) is 5.00. The summed E-state index contributed by atoms with van der Waals surface area (Å²) in [4.78, 5) is 17.6. The lowest BCUT2D eigenvalue weighted by atomic mass is 9.97. The van der Waals surface area contributed by atoms with E-state index < -0.39 is 10.0 Å². The van der Waals surface area contributed by atoms with E-state index in [0.717, 1.165) is 36.7 Å². The van der Waals surface area contributed by atoms with Crippen molar-refractivity contribution in [1.82, 2.24) is 14.1 Å². The average molecular weight is 536 g/mol. The summed E-state index contributed by atoms with van der Waals surface area (Å²) in [5, 5.41) is 0.238. The van der Waals surface area contributed by atoms with E-state index in [-0.39, 0.29) is 35.1 Å². The molecular formula is C25H30ClN3O6S. The zero-order chi connectivity index (χ0) is 25.3. The monoisotopic (exact) mass is 535 g/mol. The first-order valence-corrected chi connectivity index (χ1v) is 13.9. The number of benzene rings is 2. The Morgan fingerprint density at radius 3 is 2.58 bits per heavy atom. The number of sulfonamides is 1. The van der Waals surface area contributed by atoms with E-state index in [1.165, 1.54) is 23.5 Å². The van der Waals surface area contributed by atoms with Crippen molar-refractivity contribution in [3.8, 4) is 17.2 Å². The lowest BCUT2D eigenvalue weighted by Crippen LogP contribution is -2.52. The maximum Gasteiger partial charge on any atom is 0.243 e. The first-order chi connectivity index (χ1) is 17.3. The van der Waals surface area contributed by atoms with Gasteiger partial charge < -0.3 is 19.1 Å². The highest BCUT2D eigenvalue weighted by Gasteiger charge is 2.36. The van der Waals surface area contributed by atoms with Crippen LogP contribution < -0.4 is 14.2 Å². The summed E-state index contributed by atoms with van der Waals surface area (Å²) in [6, 6.07) is 10.4. The summed E-state index contributed by atoms with van der Waals surface area (Å²) >= 11 is 6.16. The van der Waals surface area contributed by atoms with E-state index >= 15 is 0 Å². The number of carbonyl (C=O) groups is 1. The maximum atomic E-state index is 13.3. The van der Waals surface area contributed by atoms with Gasteiger partial charge >= 0.3 is 0 Å². The van der Waals surface area contributed by atoms with Crippen LogP contribution in [0, 0.1) is 5.92 Å². The predicted octanol–water partition coefficient (Wildman–Crippen LogP) is 2.82. The van der Waals surface area contributed by atoms with Gasteiger partial charge in [-0.2, -0.15) is 4.31 Å². The number of nitrogens with zero attached hydrogens (tertiary/aromatic N) is 3. The molecule has 2 saturated heterocycles. The van der Waals surface area contributed by atoms with Gasteiger partial charge in [-0.3, -0.25) is 9.69 Å². The van der Waals surface area contributed by atoms with Gasteiger partial charge in [-0.15, -0.1) is 0 Å². The Balaban J connectivity index is 1.17. The van der Waals surface area contributed by atoms with E-state index in [9.17, 15) is 13.2 Å². The van der Waals surface area contributed by atoms with Gasteiger partial charge in [-0.1, -0.05) is 17.7 Å². The molecule has 36 heavy (non-hydrogen) atoms. The van der Waals surface area contributed by atoms with Crippen LogP contribution in [-0.4, -0.2) is 81.6 Å². The molecule has 9 nitrogen and oxygen atoms in total. The van der Waals surface area contributed by atoms with Gasteiger partial charge in [0.2, 0.25) is 22.7 Å². The first kappa shape index (κ1) is 25.1. The van der Waals surface area contributed by atoms with Crippen molar-refractivity contribution in [1.29, 1.82) is 0 Å². The SMILES string of the molecule is COc1ccc(S(=O)(=O)N2CCCC(C(=O)N3CCN(Cc4ccc5c(c4)OCO5)CC3)C2)cc1Cl. The summed E-state index contributed by atoms with van der Waals surface area (Å²) in [6.07, 6.45) is 1.33. The molecule has 194 valence electrons. The molecule has 0 bridgehead atoms. The van der Waals surface area contributed by atoms with Gasteiger partial charge in [-0.25, -0.2) is 8.42 Å². The number of hydrogen-bond donors (Lipinski definition) is 0. The van der Waals surface area contributed by atoms with Crippen LogP contribution in [0.25, 0.3) is 0 Å². The Labute approximate surface area is 216 Å². The van der Waals surface area contributed by atoms with Gasteiger partial charge in [0.25, 0.3) is 0 Å². The number of ether oxygens (including phenoxy) is 3. The van der Waals surface area contributed by atoms with Crippen LogP contribution in [0.15, 0.2) is 41.3 Å². The fourth-order valence-corrected chi connectivity index (χ4v) is 6.87. The Hall–Kier alpha value is -2.53. The molecule has 0 aromatic heterocycles. The normalized spacial score (nSPS) is 20.9. The molecule has 3 aliphatic rings. The molecule has 0 saturated carbocycles. The molecule has 0 radical (unpaired) electrons. The van der Waals surface area contributed by atoms with Crippen LogP contribution in [-0.2, 0) is 21.4 Å². The zero-order valence-corrected chi connectivity index (χ0v) is 21.8. The summed E-state index contributed by atoms with van der Waals surface area (Å²) in [6.45, 7) is 4.38. The third-order valence-corrected chi connectivity index (χ3v) is 9.18. The van der Waals surface area contributed by atoms with Crippen molar-refractivity contribution in [2.45, 2.75) is 24.3 Å². The van der Waals surface area contributed by atoms with Crippen LogP contribution in [0.3, 0.4) is 0 Å². The van der Waals surface area contributed by atoms with Gasteiger partial charge in [0.1, 0.15) is 5.75 Å². The molecular weight excluding hydrogens is 506 g/mol. The molecule has 2 aromatic rings. The Morgan fingerprint density at radius 2 is 1.83 bits per heavy atom. The largest absolute Gasteiger partial charge is 0.495 e. The van der Waals surface area contributed by atoms with Crippen LogP contribution >= 0.6 is 11.6 Å². The van der Waals surface area contributed by atoms with Crippen molar-refractivity contribution >= 4 is 27.5 Å². The van der Waals surface area contributed by atoms with Gasteiger partial charge in [0, 0.05) is 45.8 Å². The topological polar surface area (TPSA) is 88.6 Å². The summed E-state index contributed by atoms with van der Waals surface area (Å²) < 4.78 is 43.9. The third-order valence-electron chi connectivity index (χ3n) is 7.02. The van der Waals surface area contributed by atoms with Gasteiger partial charge in [0.15, 0.2) is 11.5 Å². The number of fused-ring (bicyclic) bond motifs is 1. The Morgan fingerprint density at radius 1 is 1.06 bits per heavy atom. The molecule has 5 rings (SSSR count). The number of rotatable bonds is 6. The number of hydrogen-bond acceptors (Lipinski definition) is 7. The highest BCUT2D eigenvalue weighted by molar-refractivity contribution is 7.89. The smallest absolute Gasteiger partial charge is 0.243 e. The molecule has 2 aromatic carbocycles. The molecule has 2 fully saturated rings. The quantitative estimate of drug-likeness (QED) is 0.562. The molecule has 11 heteroatoms. The van der Waals surface area contributed by atoms with Crippen molar-refractivity contribution in [2.24, 2.45) is 5.92 Å². The number of methoxy groups -OCH3 is 1. The van der Waals surface area contributed by atoms with Crippen LogP contribution in [0.5, 0.6) is 17.2 Å². The first-order valence-electron chi connectivity index (χ1n) is 12.1. The van der Waals surface area contributed by atoms with Gasteiger partial charge in [-0.05, 0) is 48.7 Å². The number of halogens is 1. The molecule has 3 heterocycles. The van der Waals surface area contributed by atoms with Crippen LogP contribution in [0.2, 0.25) is 5.02 Å². The van der Waals surface area contributed by atoms with E-state index in [1.54, 1.807) is 6.07 Å². The molecule has 3 aliphatic heterocycles. The molecule has 0 N–H and O–H groups in total. The maximum absolute atomic E-state index is 13.3. The van der Waals surface area contributed by atoms with Crippen LogP contribution in [0.1, 0.15) is 18.4 Å². The lowest BCUT2D eigenvalue weighted by molar-refractivity contribution is -0.138. The molecule has 0 aliphatic carbocycles. The second-order valence-corrected chi connectivity index (χ2v) is 11.6.